The highest BCUT2D eigenvalue weighted by Crippen LogP contribution is 2.25. The van der Waals surface area contributed by atoms with E-state index in [-0.39, 0.29) is 17.6 Å². The Kier molecular flexibility index (Phi) is 7.70. The third-order valence-corrected chi connectivity index (χ3v) is 4.69. The van der Waals surface area contributed by atoms with Crippen molar-refractivity contribution >= 4 is 17.9 Å². The van der Waals surface area contributed by atoms with Crippen molar-refractivity contribution in [1.82, 2.24) is 10.6 Å². The van der Waals surface area contributed by atoms with Crippen LogP contribution in [-0.4, -0.2) is 25.5 Å². The summed E-state index contributed by atoms with van der Waals surface area (Å²) in [5, 5.41) is 5.49. The number of carbonyl (C=O) groups is 2. The van der Waals surface area contributed by atoms with Crippen molar-refractivity contribution in [2.75, 3.05) is 7.05 Å². The van der Waals surface area contributed by atoms with Gasteiger partial charge in [-0.15, -0.1) is 0 Å². The number of benzene rings is 3. The van der Waals surface area contributed by atoms with Crippen molar-refractivity contribution in [3.63, 3.8) is 0 Å². The first-order chi connectivity index (χ1) is 15.5. The van der Waals surface area contributed by atoms with Crippen molar-refractivity contribution in [2.45, 2.75) is 12.7 Å². The molecule has 2 amide bonds. The Balaban J connectivity index is 1.75. The molecule has 0 saturated carbocycles. The van der Waals surface area contributed by atoms with Gasteiger partial charge in [0.25, 0.3) is 5.91 Å². The molecule has 1 atom stereocenters. The summed E-state index contributed by atoms with van der Waals surface area (Å²) in [5.41, 5.74) is 2.84. The van der Waals surface area contributed by atoms with Crippen molar-refractivity contribution in [3.8, 4) is 5.75 Å². The Morgan fingerprint density at radius 3 is 2.09 bits per heavy atom. The van der Waals surface area contributed by atoms with Crippen LogP contribution in [0.4, 0.5) is 8.78 Å². The molecule has 3 aromatic carbocycles. The lowest BCUT2D eigenvalue weighted by molar-refractivity contribution is -0.116. The van der Waals surface area contributed by atoms with E-state index >= 15 is 0 Å². The van der Waals surface area contributed by atoms with E-state index in [1.165, 1.54) is 18.2 Å². The summed E-state index contributed by atoms with van der Waals surface area (Å²) in [6, 6.07) is 21.8. The molecule has 5 nitrogen and oxygen atoms in total. The summed E-state index contributed by atoms with van der Waals surface area (Å²) in [7, 11) is 1.56. The molecule has 32 heavy (non-hydrogen) atoms. The van der Waals surface area contributed by atoms with Crippen LogP contribution in [0.1, 0.15) is 33.1 Å². The van der Waals surface area contributed by atoms with Gasteiger partial charge in [-0.05, 0) is 47.0 Å². The summed E-state index contributed by atoms with van der Waals surface area (Å²) in [5.74, 6) is -0.474. The molecule has 0 heterocycles. The Morgan fingerprint density at radius 2 is 1.50 bits per heavy atom. The van der Waals surface area contributed by atoms with Gasteiger partial charge in [-0.2, -0.15) is 8.78 Å². The molecule has 7 heteroatoms. The van der Waals surface area contributed by atoms with Crippen LogP contribution in [0.2, 0.25) is 0 Å². The van der Waals surface area contributed by atoms with Gasteiger partial charge >= 0.3 is 6.61 Å². The fraction of sp³-hybridized carbons (Fsp3) is 0.120. The van der Waals surface area contributed by atoms with Crippen LogP contribution in [-0.2, 0) is 4.79 Å². The zero-order valence-electron chi connectivity index (χ0n) is 17.3. The van der Waals surface area contributed by atoms with Gasteiger partial charge in [0.2, 0.25) is 5.91 Å². The van der Waals surface area contributed by atoms with Crippen LogP contribution in [0.15, 0.2) is 84.9 Å². The molecular formula is C25H22F2N2O3. The summed E-state index contributed by atoms with van der Waals surface area (Å²) in [4.78, 5) is 24.2. The van der Waals surface area contributed by atoms with E-state index in [1.54, 1.807) is 49.5 Å². The monoisotopic (exact) mass is 436 g/mol. The highest BCUT2D eigenvalue weighted by molar-refractivity contribution is 5.95. The minimum atomic E-state index is -2.90. The molecule has 0 aliphatic carbocycles. The maximum atomic E-state index is 12.6. The van der Waals surface area contributed by atoms with E-state index in [0.29, 0.717) is 5.56 Å². The number of alkyl halides is 2. The predicted octanol–water partition coefficient (Wildman–Crippen LogP) is 4.57. The summed E-state index contributed by atoms with van der Waals surface area (Å²) in [6.45, 7) is -2.90. The van der Waals surface area contributed by atoms with Gasteiger partial charge < -0.3 is 15.4 Å². The lowest BCUT2D eigenvalue weighted by atomic mass is 9.98. The summed E-state index contributed by atoms with van der Waals surface area (Å²) in [6.07, 6.45) is 3.05. The van der Waals surface area contributed by atoms with Crippen LogP contribution >= 0.6 is 0 Å². The minimum absolute atomic E-state index is 0.0435. The van der Waals surface area contributed by atoms with Crippen LogP contribution in [0.5, 0.6) is 5.75 Å². The molecule has 3 rings (SSSR count). The molecule has 0 aliphatic heterocycles. The van der Waals surface area contributed by atoms with Gasteiger partial charge in [-0.25, -0.2) is 0 Å². The van der Waals surface area contributed by atoms with Gasteiger partial charge in [-0.1, -0.05) is 54.6 Å². The normalized spacial score (nSPS) is 11.9. The van der Waals surface area contributed by atoms with E-state index in [1.807, 2.05) is 30.3 Å². The van der Waals surface area contributed by atoms with Crippen LogP contribution < -0.4 is 15.4 Å². The Labute approximate surface area is 184 Å². The van der Waals surface area contributed by atoms with Gasteiger partial charge in [0.05, 0.1) is 6.04 Å². The molecule has 0 aromatic heterocycles. The molecule has 0 bridgehead atoms. The number of amides is 2. The van der Waals surface area contributed by atoms with Crippen molar-refractivity contribution in [2.24, 2.45) is 0 Å². The largest absolute Gasteiger partial charge is 0.435 e. The molecular weight excluding hydrogens is 414 g/mol. The van der Waals surface area contributed by atoms with Gasteiger partial charge in [0.15, 0.2) is 0 Å². The van der Waals surface area contributed by atoms with Gasteiger partial charge in [-0.3, -0.25) is 9.59 Å². The molecule has 2 N–H and O–H groups in total. The van der Waals surface area contributed by atoms with E-state index in [9.17, 15) is 18.4 Å². The minimum Gasteiger partial charge on any atom is -0.435 e. The number of halogens is 2. The number of carbonyl (C=O) groups excluding carboxylic acids is 2. The van der Waals surface area contributed by atoms with Gasteiger partial charge in [0.1, 0.15) is 5.75 Å². The summed E-state index contributed by atoms with van der Waals surface area (Å²) < 4.78 is 29.2. The molecule has 0 saturated heterocycles. The molecule has 0 radical (unpaired) electrons. The van der Waals surface area contributed by atoms with Crippen LogP contribution in [0.25, 0.3) is 6.08 Å². The average molecular weight is 436 g/mol. The lowest BCUT2D eigenvalue weighted by Gasteiger charge is -2.19. The van der Waals surface area contributed by atoms with Crippen molar-refractivity contribution in [1.29, 1.82) is 0 Å². The first kappa shape index (κ1) is 22.7. The lowest BCUT2D eigenvalue weighted by Crippen LogP contribution is -2.27. The predicted molar refractivity (Wildman–Crippen MR) is 118 cm³/mol. The first-order valence-corrected chi connectivity index (χ1v) is 9.86. The Morgan fingerprint density at radius 1 is 0.875 bits per heavy atom. The SMILES string of the molecule is CNC(=O)c1ccc(/C=C\C(=O)NC(c2ccccc2)c2ccc(OC(F)F)cc2)cc1. The Hall–Kier alpha value is -4.00. The maximum absolute atomic E-state index is 12.6. The fourth-order valence-corrected chi connectivity index (χ4v) is 3.10. The molecule has 3 aromatic rings. The maximum Gasteiger partial charge on any atom is 0.387 e. The van der Waals surface area contributed by atoms with Crippen molar-refractivity contribution in [3.05, 3.63) is 107 Å². The second-order valence-electron chi connectivity index (χ2n) is 6.83. The Bertz CT molecular complexity index is 1070. The highest BCUT2D eigenvalue weighted by atomic mass is 19.3. The third-order valence-electron chi connectivity index (χ3n) is 4.69. The number of nitrogens with one attached hydrogen (secondary N) is 2. The second kappa shape index (κ2) is 10.9. The van der Waals surface area contributed by atoms with Gasteiger partial charge in [0, 0.05) is 18.7 Å². The second-order valence-corrected chi connectivity index (χ2v) is 6.83. The molecule has 1 unspecified atom stereocenters. The number of ether oxygens (including phenoxy) is 1. The van der Waals surface area contributed by atoms with E-state index < -0.39 is 12.7 Å². The number of hydrogen-bond donors (Lipinski definition) is 2. The van der Waals surface area contributed by atoms with Crippen molar-refractivity contribution < 1.29 is 23.1 Å². The van der Waals surface area contributed by atoms with Crippen LogP contribution in [0, 0.1) is 0 Å². The smallest absolute Gasteiger partial charge is 0.387 e. The molecule has 0 aliphatic rings. The highest BCUT2D eigenvalue weighted by Gasteiger charge is 2.16. The average Bonchev–Trinajstić information content (AvgIpc) is 2.82. The molecule has 164 valence electrons. The van der Waals surface area contributed by atoms with Crippen LogP contribution in [0.3, 0.4) is 0 Å². The molecule has 0 spiro atoms. The standard InChI is InChI=1S/C25H22F2N2O3/c1-28-24(31)20-10-7-17(8-11-20)9-16-22(30)29-23(18-5-3-2-4-6-18)19-12-14-21(15-13-19)32-25(26)27/h2-16,23,25H,1H3,(H,28,31)(H,29,30)/b16-9-. The van der Waals surface area contributed by atoms with E-state index in [0.717, 1.165) is 16.7 Å². The quantitative estimate of drug-likeness (QED) is 0.509. The zero-order valence-corrected chi connectivity index (χ0v) is 17.3. The first-order valence-electron chi connectivity index (χ1n) is 9.86. The molecule has 0 fully saturated rings. The summed E-state index contributed by atoms with van der Waals surface area (Å²) >= 11 is 0. The number of hydrogen-bond acceptors (Lipinski definition) is 3. The zero-order chi connectivity index (χ0) is 22.9. The van der Waals surface area contributed by atoms with E-state index in [2.05, 4.69) is 15.4 Å². The topological polar surface area (TPSA) is 67.4 Å². The number of rotatable bonds is 8. The van der Waals surface area contributed by atoms with E-state index in [4.69, 9.17) is 0 Å². The fourth-order valence-electron chi connectivity index (χ4n) is 3.10. The third kappa shape index (κ3) is 6.25.